The number of aromatic nitrogens is 3. The van der Waals surface area contributed by atoms with Crippen LogP contribution in [0.1, 0.15) is 17.9 Å². The molecule has 1 aliphatic rings. The number of hydrogen-bond donors (Lipinski definition) is 0. The van der Waals surface area contributed by atoms with Crippen LogP contribution in [-0.4, -0.2) is 13.7 Å². The van der Waals surface area contributed by atoms with Gasteiger partial charge in [-0.2, -0.15) is 0 Å². The predicted molar refractivity (Wildman–Crippen MR) is 268 cm³/mol. The van der Waals surface area contributed by atoms with E-state index in [4.69, 9.17) is 8.83 Å². The molecule has 0 radical (unpaired) electrons. The highest BCUT2D eigenvalue weighted by atomic mass is 16.3. The van der Waals surface area contributed by atoms with Gasteiger partial charge in [0.1, 0.15) is 22.2 Å². The maximum atomic E-state index is 7.20. The average Bonchev–Trinajstić information content (AvgIpc) is 4.17. The summed E-state index contributed by atoms with van der Waals surface area (Å²) in [5, 5.41) is 11.7. The summed E-state index contributed by atoms with van der Waals surface area (Å²) in [7, 11) is 0. The van der Waals surface area contributed by atoms with Gasteiger partial charge in [0.2, 0.25) is 0 Å². The highest BCUT2D eigenvalue weighted by Crippen LogP contribution is 2.45. The van der Waals surface area contributed by atoms with Crippen LogP contribution < -0.4 is 10.6 Å². The molecule has 65 heavy (non-hydrogen) atoms. The van der Waals surface area contributed by atoms with E-state index in [1.807, 2.05) is 0 Å². The molecule has 5 heterocycles. The number of benzene rings is 9. The zero-order valence-electron chi connectivity index (χ0n) is 35.1. The van der Waals surface area contributed by atoms with E-state index in [0.717, 1.165) is 99.9 Å². The second-order valence-electron chi connectivity index (χ2n) is 17.6. The van der Waals surface area contributed by atoms with Gasteiger partial charge in [-0.25, -0.2) is 0 Å². The SMILES string of the molecule is C1=c2oc3ccc(-n4c5ccccc5c5ccccc54)cc3c2=CC(c2cccc(-n3c4ccccc4c4c5oc6c(ccc7c6c6ccccc6n7-c6ccccc6)c5ccc43)c2)C1. The lowest BCUT2D eigenvalue weighted by Crippen LogP contribution is -2.25. The Morgan fingerprint density at radius 3 is 1.54 bits per heavy atom. The fraction of sp³-hybridized carbons (Fsp3) is 0.0333. The van der Waals surface area contributed by atoms with Gasteiger partial charge in [-0.05, 0) is 109 Å². The van der Waals surface area contributed by atoms with E-state index in [2.05, 4.69) is 220 Å². The minimum Gasteiger partial charge on any atom is -0.456 e. The minimum atomic E-state index is 0.177. The normalized spacial score (nSPS) is 14.2. The van der Waals surface area contributed by atoms with Crippen LogP contribution in [0, 0.1) is 0 Å². The third kappa shape index (κ3) is 4.81. The van der Waals surface area contributed by atoms with E-state index in [1.54, 1.807) is 0 Å². The molecule has 1 atom stereocenters. The van der Waals surface area contributed by atoms with Gasteiger partial charge in [-0.3, -0.25) is 0 Å². The Kier molecular flexibility index (Phi) is 7.00. The van der Waals surface area contributed by atoms with E-state index in [1.165, 1.54) is 38.1 Å². The number of fused-ring (bicyclic) bond motifs is 17. The molecule has 15 rings (SSSR count). The first kappa shape index (κ1) is 35.0. The molecule has 0 fully saturated rings. The molecule has 0 saturated heterocycles. The van der Waals surface area contributed by atoms with Crippen molar-refractivity contribution in [1.82, 2.24) is 13.7 Å². The Balaban J connectivity index is 0.888. The zero-order chi connectivity index (χ0) is 42.3. The standard InChI is InChI=1S/C60H37N3O2/c1-2-14-38(15-3-1)61-51-23-10-6-19-45(51)57-53(61)29-27-43-44-28-30-54-58(60(44)65-59(43)57)46-20-7-11-24-52(46)63(54)39-16-12-13-36(33-39)37-25-31-55-47(34-37)48-35-40(26-32-56(48)64-55)62-49-21-8-4-17-41(49)42-18-5-9-22-50(42)62/h1-24,26-35,37H,25H2. The van der Waals surface area contributed by atoms with E-state index >= 15 is 0 Å². The van der Waals surface area contributed by atoms with E-state index < -0.39 is 0 Å². The molecule has 9 aromatic carbocycles. The molecule has 5 heteroatoms. The lowest BCUT2D eigenvalue weighted by Gasteiger charge is -2.16. The first-order valence-electron chi connectivity index (χ1n) is 22.4. The van der Waals surface area contributed by atoms with Gasteiger partial charge in [-0.1, -0.05) is 109 Å². The molecule has 0 spiro atoms. The first-order valence-corrected chi connectivity index (χ1v) is 22.4. The fourth-order valence-corrected chi connectivity index (χ4v) is 11.3. The maximum absolute atomic E-state index is 7.20. The van der Waals surface area contributed by atoms with Gasteiger partial charge < -0.3 is 22.5 Å². The molecular formula is C60H37N3O2. The van der Waals surface area contributed by atoms with Crippen LogP contribution in [0.4, 0.5) is 0 Å². The van der Waals surface area contributed by atoms with E-state index in [0.29, 0.717) is 0 Å². The lowest BCUT2D eigenvalue weighted by molar-refractivity contribution is 0.570. The predicted octanol–water partition coefficient (Wildman–Crippen LogP) is 14.4. The Morgan fingerprint density at radius 1 is 0.369 bits per heavy atom. The van der Waals surface area contributed by atoms with Crippen LogP contribution in [0.15, 0.2) is 203 Å². The van der Waals surface area contributed by atoms with Gasteiger partial charge in [0, 0.05) is 65.9 Å². The van der Waals surface area contributed by atoms with Gasteiger partial charge in [0.25, 0.3) is 0 Å². The lowest BCUT2D eigenvalue weighted by atomic mass is 9.91. The van der Waals surface area contributed by atoms with Gasteiger partial charge in [0.15, 0.2) is 0 Å². The highest BCUT2D eigenvalue weighted by molar-refractivity contribution is 6.29. The monoisotopic (exact) mass is 831 g/mol. The summed E-state index contributed by atoms with van der Waals surface area (Å²) in [5.74, 6) is 0.177. The smallest absolute Gasteiger partial charge is 0.145 e. The largest absolute Gasteiger partial charge is 0.456 e. The van der Waals surface area contributed by atoms with Crippen molar-refractivity contribution >= 4 is 110 Å². The molecule has 0 bridgehead atoms. The van der Waals surface area contributed by atoms with Crippen molar-refractivity contribution < 1.29 is 8.83 Å². The van der Waals surface area contributed by atoms with Crippen LogP contribution in [0.25, 0.3) is 128 Å². The van der Waals surface area contributed by atoms with Crippen LogP contribution in [0.3, 0.4) is 0 Å². The van der Waals surface area contributed by atoms with E-state index in [-0.39, 0.29) is 5.92 Å². The molecule has 5 aromatic heterocycles. The highest BCUT2D eigenvalue weighted by Gasteiger charge is 2.23. The zero-order valence-corrected chi connectivity index (χ0v) is 35.1. The molecular weight excluding hydrogens is 795 g/mol. The fourth-order valence-electron chi connectivity index (χ4n) is 11.3. The van der Waals surface area contributed by atoms with Gasteiger partial charge in [0.05, 0.1) is 43.9 Å². The molecule has 1 unspecified atom stereocenters. The third-order valence-electron chi connectivity index (χ3n) is 14.1. The summed E-state index contributed by atoms with van der Waals surface area (Å²) in [4.78, 5) is 0. The van der Waals surface area contributed by atoms with Crippen molar-refractivity contribution in [3.8, 4) is 17.1 Å². The van der Waals surface area contributed by atoms with Crippen molar-refractivity contribution in [3.05, 3.63) is 210 Å². The molecule has 0 N–H and O–H groups in total. The van der Waals surface area contributed by atoms with Gasteiger partial charge >= 0.3 is 0 Å². The maximum Gasteiger partial charge on any atom is 0.145 e. The second-order valence-corrected chi connectivity index (χ2v) is 17.6. The van der Waals surface area contributed by atoms with Crippen LogP contribution >= 0.6 is 0 Å². The summed E-state index contributed by atoms with van der Waals surface area (Å²) in [6.45, 7) is 0. The molecule has 304 valence electrons. The average molecular weight is 832 g/mol. The third-order valence-corrected chi connectivity index (χ3v) is 14.1. The summed E-state index contributed by atoms with van der Waals surface area (Å²) in [6.07, 6.45) is 5.56. The molecule has 14 aromatic rings. The number of nitrogens with zero attached hydrogens (tertiary/aromatic N) is 3. The minimum absolute atomic E-state index is 0.177. The summed E-state index contributed by atoms with van der Waals surface area (Å²) < 4.78 is 20.9. The quantitative estimate of drug-likeness (QED) is 0.177. The van der Waals surface area contributed by atoms with Gasteiger partial charge in [-0.15, -0.1) is 0 Å². The number of rotatable bonds is 4. The van der Waals surface area contributed by atoms with Crippen LogP contribution in [0.2, 0.25) is 0 Å². The Labute approximate surface area is 371 Å². The van der Waals surface area contributed by atoms with Crippen molar-refractivity contribution in [1.29, 1.82) is 0 Å². The summed E-state index contributed by atoms with van der Waals surface area (Å²) in [5.41, 5.74) is 15.3. The van der Waals surface area contributed by atoms with E-state index in [9.17, 15) is 0 Å². The second kappa shape index (κ2) is 13.0. The van der Waals surface area contributed by atoms with Crippen LogP contribution in [0.5, 0.6) is 0 Å². The Hall–Kier alpha value is -8.54. The van der Waals surface area contributed by atoms with Crippen molar-refractivity contribution in [2.24, 2.45) is 0 Å². The summed E-state index contributed by atoms with van der Waals surface area (Å²) >= 11 is 0. The molecule has 1 aliphatic carbocycles. The number of furan rings is 2. The van der Waals surface area contributed by atoms with Crippen molar-refractivity contribution in [2.75, 3.05) is 0 Å². The number of para-hydroxylation sites is 5. The van der Waals surface area contributed by atoms with Crippen molar-refractivity contribution in [2.45, 2.75) is 12.3 Å². The van der Waals surface area contributed by atoms with Crippen molar-refractivity contribution in [3.63, 3.8) is 0 Å². The summed E-state index contributed by atoms with van der Waals surface area (Å²) in [6, 6.07) is 70.2. The molecule has 0 saturated carbocycles. The topological polar surface area (TPSA) is 41.1 Å². The number of hydrogen-bond acceptors (Lipinski definition) is 2. The first-order chi connectivity index (χ1) is 32.2. The molecule has 5 nitrogen and oxygen atoms in total. The Bertz CT molecular complexity index is 4410. The molecule has 0 aliphatic heterocycles. The van der Waals surface area contributed by atoms with Crippen LogP contribution in [-0.2, 0) is 0 Å². The molecule has 0 amide bonds. The Morgan fingerprint density at radius 2 is 0.892 bits per heavy atom.